The third kappa shape index (κ3) is 1.64. The van der Waals surface area contributed by atoms with Crippen LogP contribution in [0.1, 0.15) is 0 Å². The summed E-state index contributed by atoms with van der Waals surface area (Å²) < 4.78 is 22.1. The van der Waals surface area contributed by atoms with Crippen molar-refractivity contribution in [1.29, 1.82) is 0 Å². The molecule has 0 aromatic carbocycles. The Hall–Kier alpha value is -0.660. The highest BCUT2D eigenvalue weighted by Crippen LogP contribution is 2.04. The summed E-state index contributed by atoms with van der Waals surface area (Å²) >= 11 is 0. The molecule has 33 valence electrons. The van der Waals surface area contributed by atoms with E-state index in [4.69, 9.17) is 0 Å². The van der Waals surface area contributed by atoms with Crippen molar-refractivity contribution in [3.63, 3.8) is 0 Å². The molecule has 2 heteroatoms. The van der Waals surface area contributed by atoms with Crippen LogP contribution in [0, 0.1) is 6.58 Å². The fourth-order valence-electron chi connectivity index (χ4n) is 0. The van der Waals surface area contributed by atoms with Crippen molar-refractivity contribution in [3.05, 3.63) is 24.8 Å². The first-order chi connectivity index (χ1) is 2.64. The van der Waals surface area contributed by atoms with E-state index in [-0.39, 0.29) is 0 Å². The van der Waals surface area contributed by atoms with Crippen LogP contribution in [0.2, 0.25) is 0 Å². The van der Waals surface area contributed by atoms with Gasteiger partial charge >= 0.3 is 0 Å². The van der Waals surface area contributed by atoms with E-state index >= 15 is 0 Å². The summed E-state index contributed by atoms with van der Waals surface area (Å²) in [6, 6.07) is 0. The molecule has 0 aliphatic carbocycles. The highest BCUT2D eigenvalue weighted by Gasteiger charge is 1.89. The molecule has 0 N–H and O–H groups in total. The molecule has 0 aliphatic rings. The first-order valence-corrected chi connectivity index (χ1v) is 1.27. The van der Waals surface area contributed by atoms with Gasteiger partial charge in [0.2, 0.25) is 0 Å². The van der Waals surface area contributed by atoms with Crippen molar-refractivity contribution >= 4 is 0 Å². The highest BCUT2D eigenvalue weighted by atomic mass is 19.2. The van der Waals surface area contributed by atoms with Crippen LogP contribution in [-0.2, 0) is 0 Å². The van der Waals surface area contributed by atoms with Crippen molar-refractivity contribution in [3.8, 4) is 0 Å². The Kier molecular flexibility index (Phi) is 1.51. The molecule has 0 spiro atoms. The second-order valence-electron chi connectivity index (χ2n) is 0.753. The molecule has 0 fully saturated rings. The van der Waals surface area contributed by atoms with Crippen LogP contribution in [0.15, 0.2) is 18.2 Å². The van der Waals surface area contributed by atoms with Crippen molar-refractivity contribution in [2.24, 2.45) is 0 Å². The van der Waals surface area contributed by atoms with Crippen molar-refractivity contribution in [2.75, 3.05) is 0 Å². The summed E-state index contributed by atoms with van der Waals surface area (Å²) in [5.41, 5.74) is 0. The zero-order valence-corrected chi connectivity index (χ0v) is 3.04. The molecule has 6 heavy (non-hydrogen) atoms. The van der Waals surface area contributed by atoms with Gasteiger partial charge in [-0.2, -0.15) is 0 Å². The predicted octanol–water partition coefficient (Wildman–Crippen LogP) is 1.76. The minimum Gasteiger partial charge on any atom is -0.204 e. The summed E-state index contributed by atoms with van der Waals surface area (Å²) in [6.07, 6.45) is 0. The van der Waals surface area contributed by atoms with E-state index in [1.165, 1.54) is 0 Å². The highest BCUT2D eigenvalue weighted by molar-refractivity contribution is 5.07. The maximum Gasteiger partial charge on any atom is 0.158 e. The standard InChI is InChI=1S/C4H3F2/c1-3(5)4(2)6/h1H,2H2. The normalized spacial score (nSPS) is 7.67. The van der Waals surface area contributed by atoms with Crippen LogP contribution < -0.4 is 0 Å². The third-order valence-electron chi connectivity index (χ3n) is 0.259. The van der Waals surface area contributed by atoms with E-state index in [2.05, 4.69) is 13.2 Å². The number of hydrogen-bond acceptors (Lipinski definition) is 0. The summed E-state index contributed by atoms with van der Waals surface area (Å²) in [4.78, 5) is 0. The second-order valence-corrected chi connectivity index (χ2v) is 0.753. The van der Waals surface area contributed by atoms with Gasteiger partial charge in [-0.05, 0) is 6.58 Å². The van der Waals surface area contributed by atoms with Gasteiger partial charge in [0.15, 0.2) is 11.7 Å². The molecule has 0 aromatic heterocycles. The Morgan fingerprint density at radius 2 is 1.67 bits per heavy atom. The molecule has 0 unspecified atom stereocenters. The van der Waals surface area contributed by atoms with Gasteiger partial charge in [-0.25, -0.2) is 8.78 Å². The summed E-state index contributed by atoms with van der Waals surface area (Å²) in [5, 5.41) is 0. The maximum atomic E-state index is 11.1. The van der Waals surface area contributed by atoms with Crippen LogP contribution in [0.5, 0.6) is 0 Å². The van der Waals surface area contributed by atoms with Gasteiger partial charge in [-0.1, -0.05) is 6.58 Å². The monoisotopic (exact) mass is 89.0 g/mol. The summed E-state index contributed by atoms with van der Waals surface area (Å²) in [5.74, 6) is -2.56. The smallest absolute Gasteiger partial charge is 0.158 e. The molecule has 0 amide bonds. The number of allylic oxidation sites excluding steroid dienone is 2. The second kappa shape index (κ2) is 1.70. The molecule has 0 rings (SSSR count). The zero-order valence-electron chi connectivity index (χ0n) is 3.04. The van der Waals surface area contributed by atoms with Gasteiger partial charge in [0, 0.05) is 0 Å². The average molecular weight is 89.1 g/mol. The third-order valence-corrected chi connectivity index (χ3v) is 0.259. The van der Waals surface area contributed by atoms with Crippen LogP contribution >= 0.6 is 0 Å². The van der Waals surface area contributed by atoms with Crippen LogP contribution in [0.3, 0.4) is 0 Å². The molecule has 0 saturated heterocycles. The maximum absolute atomic E-state index is 11.1. The molecular weight excluding hydrogens is 86.0 g/mol. The van der Waals surface area contributed by atoms with Gasteiger partial charge in [-0.15, -0.1) is 0 Å². The lowest BCUT2D eigenvalue weighted by molar-refractivity contribution is 0.549. The van der Waals surface area contributed by atoms with Crippen molar-refractivity contribution in [1.82, 2.24) is 0 Å². The number of halogens is 2. The van der Waals surface area contributed by atoms with Gasteiger partial charge in [0.25, 0.3) is 0 Å². The molecule has 1 radical (unpaired) electrons. The van der Waals surface area contributed by atoms with E-state index in [1.54, 1.807) is 0 Å². The Balaban J connectivity index is 3.57. The lowest BCUT2D eigenvalue weighted by Crippen LogP contribution is -1.62. The topological polar surface area (TPSA) is 0 Å². The molecule has 0 saturated carbocycles. The SMILES string of the molecule is [CH]=C(F)C(=C)F. The first kappa shape index (κ1) is 5.34. The quantitative estimate of drug-likeness (QED) is 0.429. The number of hydrogen-bond donors (Lipinski definition) is 0. The Morgan fingerprint density at radius 1 is 1.50 bits per heavy atom. The van der Waals surface area contributed by atoms with Crippen LogP contribution in [0.4, 0.5) is 8.78 Å². The molecule has 0 aliphatic heterocycles. The molecule has 0 bridgehead atoms. The Labute approximate surface area is 34.8 Å². The summed E-state index contributed by atoms with van der Waals surface area (Å²) in [6.45, 7) is 6.76. The van der Waals surface area contributed by atoms with Gasteiger partial charge in [0.1, 0.15) is 0 Å². The Morgan fingerprint density at radius 3 is 1.67 bits per heavy atom. The Bertz CT molecular complexity index is 71.5. The molecular formula is C4H3F2. The lowest BCUT2D eigenvalue weighted by atomic mass is 10.6. The summed E-state index contributed by atoms with van der Waals surface area (Å²) in [7, 11) is 0. The fraction of sp³-hybridized carbons (Fsp3) is 0. The van der Waals surface area contributed by atoms with Gasteiger partial charge in [0.05, 0.1) is 0 Å². The molecule has 0 aromatic rings. The molecule has 0 atom stereocenters. The van der Waals surface area contributed by atoms with Crippen LogP contribution in [-0.4, -0.2) is 0 Å². The molecule has 0 nitrogen and oxygen atoms in total. The fourth-order valence-corrected chi connectivity index (χ4v) is 0. The minimum absolute atomic E-state index is 1.21. The predicted molar refractivity (Wildman–Crippen MR) is 19.2 cm³/mol. The number of rotatable bonds is 1. The van der Waals surface area contributed by atoms with E-state index in [0.29, 0.717) is 0 Å². The van der Waals surface area contributed by atoms with E-state index < -0.39 is 11.7 Å². The van der Waals surface area contributed by atoms with Gasteiger partial charge < -0.3 is 0 Å². The van der Waals surface area contributed by atoms with Crippen molar-refractivity contribution < 1.29 is 8.78 Å². The van der Waals surface area contributed by atoms with Gasteiger partial charge in [-0.3, -0.25) is 0 Å². The zero-order chi connectivity index (χ0) is 5.15. The van der Waals surface area contributed by atoms with E-state index in [0.717, 1.165) is 0 Å². The van der Waals surface area contributed by atoms with Crippen molar-refractivity contribution in [2.45, 2.75) is 0 Å². The molecule has 0 heterocycles. The van der Waals surface area contributed by atoms with E-state index in [1.807, 2.05) is 0 Å². The van der Waals surface area contributed by atoms with E-state index in [9.17, 15) is 8.78 Å². The lowest BCUT2D eigenvalue weighted by Gasteiger charge is -1.77. The minimum atomic E-state index is -1.35. The van der Waals surface area contributed by atoms with Crippen LogP contribution in [0.25, 0.3) is 0 Å². The largest absolute Gasteiger partial charge is 0.204 e. The first-order valence-electron chi connectivity index (χ1n) is 1.27. The average Bonchev–Trinajstić information content (AvgIpc) is 1.36.